The lowest BCUT2D eigenvalue weighted by molar-refractivity contribution is 0.0305. The molecule has 0 aliphatic carbocycles. The first-order chi connectivity index (χ1) is 11.7. The topological polar surface area (TPSA) is 51.2 Å². The van der Waals surface area contributed by atoms with Gasteiger partial charge in [-0.05, 0) is 31.9 Å². The molecule has 2 heterocycles. The average molecular weight is 333 g/mol. The molecule has 2 aliphatic heterocycles. The Hall–Kier alpha value is -1.72. The Labute approximate surface area is 143 Å². The van der Waals surface area contributed by atoms with Crippen molar-refractivity contribution in [1.82, 2.24) is 4.90 Å². The molecule has 24 heavy (non-hydrogen) atoms. The molecule has 0 amide bonds. The van der Waals surface area contributed by atoms with Crippen LogP contribution in [-0.4, -0.2) is 50.0 Å². The minimum atomic E-state index is -0.0684. The minimum absolute atomic E-state index is 0.0684. The van der Waals surface area contributed by atoms with Gasteiger partial charge in [0.25, 0.3) is 0 Å². The molecule has 0 unspecified atom stereocenters. The van der Waals surface area contributed by atoms with Gasteiger partial charge in [-0.25, -0.2) is 0 Å². The number of aliphatic hydroxyl groups excluding tert-OH is 1. The minimum Gasteiger partial charge on any atom is -0.496 e. The monoisotopic (exact) mass is 333 g/mol. The Morgan fingerprint density at radius 2 is 2.08 bits per heavy atom. The third-order valence-corrected chi connectivity index (χ3v) is 4.99. The van der Waals surface area contributed by atoms with E-state index in [1.165, 1.54) is 0 Å². The van der Waals surface area contributed by atoms with Gasteiger partial charge in [0.2, 0.25) is 0 Å². The van der Waals surface area contributed by atoms with Gasteiger partial charge >= 0.3 is 0 Å². The van der Waals surface area contributed by atoms with Gasteiger partial charge in [-0.3, -0.25) is 4.90 Å². The van der Waals surface area contributed by atoms with Gasteiger partial charge in [0.15, 0.2) is 11.5 Å². The lowest BCUT2D eigenvalue weighted by atomic mass is 9.77. The van der Waals surface area contributed by atoms with E-state index in [0.29, 0.717) is 13.2 Å². The van der Waals surface area contributed by atoms with Crippen LogP contribution >= 0.6 is 0 Å². The Bertz CT molecular complexity index is 589. The van der Waals surface area contributed by atoms with Crippen molar-refractivity contribution in [3.8, 4) is 17.2 Å². The summed E-state index contributed by atoms with van der Waals surface area (Å²) in [6.07, 6.45) is 4.90. The van der Waals surface area contributed by atoms with E-state index in [0.717, 1.165) is 61.7 Å². The van der Waals surface area contributed by atoms with Crippen LogP contribution in [-0.2, 0) is 6.54 Å². The number of likely N-dealkylation sites (tertiary alicyclic amines) is 1. The van der Waals surface area contributed by atoms with Crippen molar-refractivity contribution in [3.05, 3.63) is 30.4 Å². The second kappa shape index (κ2) is 7.45. The summed E-state index contributed by atoms with van der Waals surface area (Å²) in [7, 11) is 1.68. The molecule has 5 nitrogen and oxygen atoms in total. The van der Waals surface area contributed by atoms with E-state index in [1.54, 1.807) is 7.11 Å². The molecule has 5 heteroatoms. The number of hydrogen-bond donors (Lipinski definition) is 1. The van der Waals surface area contributed by atoms with E-state index in [-0.39, 0.29) is 12.0 Å². The van der Waals surface area contributed by atoms with Gasteiger partial charge in [-0.2, -0.15) is 0 Å². The molecule has 0 saturated carbocycles. The van der Waals surface area contributed by atoms with Gasteiger partial charge < -0.3 is 19.3 Å². The molecule has 132 valence electrons. The summed E-state index contributed by atoms with van der Waals surface area (Å²) in [5.41, 5.74) is 1.02. The molecular weight excluding hydrogens is 306 g/mol. The zero-order valence-electron chi connectivity index (χ0n) is 14.4. The zero-order valence-corrected chi connectivity index (χ0v) is 14.4. The maximum Gasteiger partial charge on any atom is 0.165 e. The second-order valence-corrected chi connectivity index (χ2v) is 6.77. The summed E-state index contributed by atoms with van der Waals surface area (Å²) in [5, 5.41) is 9.88. The van der Waals surface area contributed by atoms with Crippen molar-refractivity contribution in [2.24, 2.45) is 5.41 Å². The van der Waals surface area contributed by atoms with Crippen LogP contribution in [0, 0.1) is 5.41 Å². The van der Waals surface area contributed by atoms with E-state index in [4.69, 9.17) is 14.2 Å². The van der Waals surface area contributed by atoms with Crippen LogP contribution in [0.2, 0.25) is 0 Å². The van der Waals surface area contributed by atoms with Gasteiger partial charge in [0, 0.05) is 30.1 Å². The third-order valence-electron chi connectivity index (χ3n) is 4.99. The number of aliphatic hydroxyl groups is 1. The SMILES string of the molecule is C=CC[C@@]1(CO)CCCN(Cc2cc3c(cc2OC)OCCO3)C1. The standard InChI is InChI=1S/C19H27NO4/c1-3-5-19(14-21)6-4-7-20(13-19)12-15-10-17-18(11-16(15)22-2)24-9-8-23-17/h3,10-11,21H,1,4-9,12-14H2,2H3/t19-/m1/s1. The molecule has 1 aromatic rings. The highest BCUT2D eigenvalue weighted by atomic mass is 16.6. The van der Waals surface area contributed by atoms with Crippen molar-refractivity contribution in [3.63, 3.8) is 0 Å². The number of nitrogens with zero attached hydrogens (tertiary/aromatic N) is 1. The first-order valence-electron chi connectivity index (χ1n) is 8.60. The van der Waals surface area contributed by atoms with Crippen LogP contribution < -0.4 is 14.2 Å². The fourth-order valence-electron chi connectivity index (χ4n) is 3.78. The maximum absolute atomic E-state index is 9.88. The number of hydrogen-bond acceptors (Lipinski definition) is 5. The van der Waals surface area contributed by atoms with E-state index < -0.39 is 0 Å². The molecule has 0 radical (unpaired) electrons. The summed E-state index contributed by atoms with van der Waals surface area (Å²) in [4.78, 5) is 2.39. The summed E-state index contributed by atoms with van der Waals surface area (Å²) in [6.45, 7) is 7.87. The molecule has 0 bridgehead atoms. The number of rotatable bonds is 6. The Morgan fingerprint density at radius 3 is 2.75 bits per heavy atom. The van der Waals surface area contributed by atoms with Gasteiger partial charge in [-0.15, -0.1) is 6.58 Å². The molecule has 1 atom stereocenters. The Morgan fingerprint density at radius 1 is 1.33 bits per heavy atom. The summed E-state index contributed by atoms with van der Waals surface area (Å²) < 4.78 is 16.9. The van der Waals surface area contributed by atoms with E-state index in [1.807, 2.05) is 18.2 Å². The van der Waals surface area contributed by atoms with Gasteiger partial charge in [0.05, 0.1) is 13.7 Å². The van der Waals surface area contributed by atoms with Crippen LogP contribution in [0.3, 0.4) is 0 Å². The second-order valence-electron chi connectivity index (χ2n) is 6.77. The first kappa shape index (κ1) is 17.1. The fraction of sp³-hybridized carbons (Fsp3) is 0.579. The molecule has 0 aromatic heterocycles. The van der Waals surface area contributed by atoms with Gasteiger partial charge in [-0.1, -0.05) is 6.08 Å². The molecule has 0 spiro atoms. The molecular formula is C19H27NO4. The van der Waals surface area contributed by atoms with Crippen LogP contribution in [0.1, 0.15) is 24.8 Å². The highest BCUT2D eigenvalue weighted by Gasteiger charge is 2.34. The lowest BCUT2D eigenvalue weighted by Crippen LogP contribution is -2.44. The first-order valence-corrected chi connectivity index (χ1v) is 8.60. The number of ether oxygens (including phenoxy) is 3. The fourth-order valence-corrected chi connectivity index (χ4v) is 3.78. The van der Waals surface area contributed by atoms with E-state index in [9.17, 15) is 5.11 Å². The predicted molar refractivity (Wildman–Crippen MR) is 92.8 cm³/mol. The quantitative estimate of drug-likeness (QED) is 0.811. The third kappa shape index (κ3) is 3.52. The van der Waals surface area contributed by atoms with Crippen LogP contribution in [0.15, 0.2) is 24.8 Å². The zero-order chi connectivity index (χ0) is 17.0. The van der Waals surface area contributed by atoms with E-state index in [2.05, 4.69) is 11.5 Å². The molecule has 2 aliphatic rings. The summed E-state index contributed by atoms with van der Waals surface area (Å²) >= 11 is 0. The van der Waals surface area contributed by atoms with Gasteiger partial charge in [0.1, 0.15) is 19.0 Å². The van der Waals surface area contributed by atoms with Crippen molar-refractivity contribution < 1.29 is 19.3 Å². The number of allylic oxidation sites excluding steroid dienone is 1. The van der Waals surface area contributed by atoms with Crippen LogP contribution in [0.25, 0.3) is 0 Å². The number of piperidine rings is 1. The lowest BCUT2D eigenvalue weighted by Gasteiger charge is -2.41. The highest BCUT2D eigenvalue weighted by Crippen LogP contribution is 2.39. The molecule has 3 rings (SSSR count). The van der Waals surface area contributed by atoms with Crippen molar-refractivity contribution in [2.45, 2.75) is 25.8 Å². The summed E-state index contributed by atoms with van der Waals surface area (Å²) in [6, 6.07) is 3.94. The van der Waals surface area contributed by atoms with E-state index >= 15 is 0 Å². The number of benzene rings is 1. The van der Waals surface area contributed by atoms with Crippen molar-refractivity contribution >= 4 is 0 Å². The van der Waals surface area contributed by atoms with Crippen molar-refractivity contribution in [1.29, 1.82) is 0 Å². The number of fused-ring (bicyclic) bond motifs is 1. The molecule has 1 saturated heterocycles. The molecule has 1 aromatic carbocycles. The maximum atomic E-state index is 9.88. The average Bonchev–Trinajstić information content (AvgIpc) is 2.61. The van der Waals surface area contributed by atoms with Crippen LogP contribution in [0.4, 0.5) is 0 Å². The van der Waals surface area contributed by atoms with Crippen molar-refractivity contribution in [2.75, 3.05) is 40.0 Å². The van der Waals surface area contributed by atoms with Crippen LogP contribution in [0.5, 0.6) is 17.2 Å². The number of methoxy groups -OCH3 is 1. The summed E-state index contributed by atoms with van der Waals surface area (Å²) in [5.74, 6) is 2.36. The molecule has 1 fully saturated rings. The normalized spacial score (nSPS) is 23.8. The largest absolute Gasteiger partial charge is 0.496 e. The Kier molecular flexibility index (Phi) is 5.31. The smallest absolute Gasteiger partial charge is 0.165 e. The Balaban J connectivity index is 1.78. The highest BCUT2D eigenvalue weighted by molar-refractivity contribution is 5.51. The molecule has 1 N–H and O–H groups in total. The predicted octanol–water partition coefficient (Wildman–Crippen LogP) is 2.62.